The highest BCUT2D eigenvalue weighted by molar-refractivity contribution is 7.09. The second-order valence-corrected chi connectivity index (χ2v) is 7.12. The highest BCUT2D eigenvalue weighted by Gasteiger charge is 2.33. The van der Waals surface area contributed by atoms with Gasteiger partial charge in [0, 0.05) is 24.9 Å². The van der Waals surface area contributed by atoms with Crippen LogP contribution in [-0.2, 0) is 18.2 Å². The van der Waals surface area contributed by atoms with Crippen molar-refractivity contribution in [1.82, 2.24) is 15.6 Å². The van der Waals surface area contributed by atoms with Crippen LogP contribution in [0.15, 0.2) is 26.9 Å². The van der Waals surface area contributed by atoms with E-state index in [2.05, 4.69) is 20.6 Å². The molecule has 0 radical (unpaired) electrons. The number of aliphatic imine (C=N–C) groups is 1. The van der Waals surface area contributed by atoms with E-state index in [1.807, 2.05) is 6.92 Å². The van der Waals surface area contributed by atoms with Gasteiger partial charge in [0.25, 0.3) is 0 Å². The van der Waals surface area contributed by atoms with Crippen LogP contribution < -0.4 is 10.6 Å². The van der Waals surface area contributed by atoms with Crippen molar-refractivity contribution in [1.29, 1.82) is 0 Å². The molecule has 0 aliphatic rings. The number of nitrogens with zero attached hydrogens (tertiary/aromatic N) is 2. The molecule has 1 atom stereocenters. The molecule has 0 amide bonds. The molecule has 2 aromatic heterocycles. The van der Waals surface area contributed by atoms with Crippen LogP contribution in [0.4, 0.5) is 13.2 Å². The summed E-state index contributed by atoms with van der Waals surface area (Å²) in [6, 6.07) is 3.46. The molecule has 0 saturated heterocycles. The molecule has 6 nitrogen and oxygen atoms in total. The number of halogens is 3. The summed E-state index contributed by atoms with van der Waals surface area (Å²) in [5.74, 6) is 1.57. The number of hydrogen-bond donors (Lipinski definition) is 3. The third-order valence-corrected chi connectivity index (χ3v) is 4.54. The second-order valence-electron chi connectivity index (χ2n) is 6.18. The number of hydrogen-bond acceptors (Lipinski definition) is 5. The van der Waals surface area contributed by atoms with Gasteiger partial charge in [-0.3, -0.25) is 0 Å². The molecule has 2 heterocycles. The van der Waals surface area contributed by atoms with Gasteiger partial charge in [-0.2, -0.15) is 13.2 Å². The summed E-state index contributed by atoms with van der Waals surface area (Å²) in [7, 11) is 0. The molecule has 2 aromatic rings. The Bertz CT molecular complexity index is 768. The number of aliphatic hydroxyl groups is 1. The van der Waals surface area contributed by atoms with Crippen LogP contribution in [0.25, 0.3) is 0 Å². The lowest BCUT2D eigenvalue weighted by atomic mass is 10.0. The van der Waals surface area contributed by atoms with Crippen molar-refractivity contribution in [2.24, 2.45) is 4.99 Å². The number of aryl methyl sites for hydroxylation is 1. The standard InChI is InChI=1S/C17H23F3N4O2S/c1-4-21-15(23-10-16(3,25)13-6-5-11(2)26-13)22-8-7-14-24-12(9-27-14)17(18,19)20/h5-6,9,25H,4,7-8,10H2,1-3H3,(H2,21,22,23). The fraction of sp³-hybridized carbons (Fsp3) is 0.529. The average Bonchev–Trinajstić information content (AvgIpc) is 3.22. The van der Waals surface area contributed by atoms with E-state index in [4.69, 9.17) is 4.42 Å². The van der Waals surface area contributed by atoms with Crippen molar-refractivity contribution >= 4 is 17.3 Å². The van der Waals surface area contributed by atoms with Gasteiger partial charge < -0.3 is 20.2 Å². The van der Waals surface area contributed by atoms with E-state index >= 15 is 0 Å². The Morgan fingerprint density at radius 1 is 1.33 bits per heavy atom. The lowest BCUT2D eigenvalue weighted by Crippen LogP contribution is -2.39. The van der Waals surface area contributed by atoms with Crippen LogP contribution in [-0.4, -0.2) is 35.7 Å². The maximum Gasteiger partial charge on any atom is 0.434 e. The molecule has 0 aromatic carbocycles. The van der Waals surface area contributed by atoms with E-state index in [1.54, 1.807) is 26.0 Å². The molecule has 0 spiro atoms. The Kier molecular flexibility index (Phi) is 6.88. The van der Waals surface area contributed by atoms with E-state index in [9.17, 15) is 18.3 Å². The molecular weight excluding hydrogens is 381 g/mol. The molecule has 10 heteroatoms. The van der Waals surface area contributed by atoms with Crippen LogP contribution in [0.5, 0.6) is 0 Å². The molecule has 0 aliphatic heterocycles. The number of rotatable bonds is 7. The Morgan fingerprint density at radius 3 is 2.63 bits per heavy atom. The van der Waals surface area contributed by atoms with Crippen molar-refractivity contribution in [2.45, 2.75) is 39.0 Å². The van der Waals surface area contributed by atoms with Gasteiger partial charge in [0.15, 0.2) is 11.7 Å². The smallest absolute Gasteiger partial charge is 0.434 e. The number of alkyl halides is 3. The normalized spacial score (nSPS) is 14.9. The van der Waals surface area contributed by atoms with E-state index in [1.165, 1.54) is 0 Å². The summed E-state index contributed by atoms with van der Waals surface area (Å²) in [4.78, 5) is 7.93. The molecule has 3 N–H and O–H groups in total. The maximum absolute atomic E-state index is 12.6. The van der Waals surface area contributed by atoms with E-state index < -0.39 is 17.5 Å². The van der Waals surface area contributed by atoms with Crippen LogP contribution in [0.2, 0.25) is 0 Å². The molecule has 150 valence electrons. The summed E-state index contributed by atoms with van der Waals surface area (Å²) >= 11 is 0.975. The van der Waals surface area contributed by atoms with Gasteiger partial charge >= 0.3 is 6.18 Å². The zero-order valence-electron chi connectivity index (χ0n) is 15.4. The highest BCUT2D eigenvalue weighted by Crippen LogP contribution is 2.30. The number of nitrogens with one attached hydrogen (secondary N) is 2. The number of thiazole rings is 1. The first kappa shape index (κ1) is 21.2. The summed E-state index contributed by atoms with van der Waals surface area (Å²) in [5, 5.41) is 18.0. The average molecular weight is 404 g/mol. The van der Waals surface area contributed by atoms with Crippen molar-refractivity contribution in [3.63, 3.8) is 0 Å². The van der Waals surface area contributed by atoms with Gasteiger partial charge in [-0.1, -0.05) is 0 Å². The quantitative estimate of drug-likeness (QED) is 0.488. The minimum absolute atomic E-state index is 0.0603. The van der Waals surface area contributed by atoms with Gasteiger partial charge in [-0.15, -0.1) is 11.3 Å². The van der Waals surface area contributed by atoms with Crippen LogP contribution in [0.1, 0.15) is 36.1 Å². The number of aromatic nitrogens is 1. The predicted molar refractivity (Wildman–Crippen MR) is 97.8 cm³/mol. The highest BCUT2D eigenvalue weighted by atomic mass is 32.1. The number of guanidine groups is 1. The molecule has 0 fully saturated rings. The fourth-order valence-electron chi connectivity index (χ4n) is 2.22. The van der Waals surface area contributed by atoms with Crippen LogP contribution in [0, 0.1) is 6.92 Å². The SMILES string of the molecule is CCNC(=NCC(C)(O)c1ccc(C)o1)NCCc1nc(C(F)(F)F)cs1. The Balaban J connectivity index is 1.92. The summed E-state index contributed by atoms with van der Waals surface area (Å²) in [5.41, 5.74) is -2.14. The summed E-state index contributed by atoms with van der Waals surface area (Å²) in [6.07, 6.45) is -4.09. The Hall–Kier alpha value is -2.07. The topological polar surface area (TPSA) is 82.7 Å². The van der Waals surface area contributed by atoms with Gasteiger partial charge in [0.05, 0.1) is 11.6 Å². The van der Waals surface area contributed by atoms with Gasteiger partial charge in [0.1, 0.15) is 17.1 Å². The van der Waals surface area contributed by atoms with Gasteiger partial charge in [-0.05, 0) is 32.9 Å². The summed E-state index contributed by atoms with van der Waals surface area (Å²) in [6.45, 7) is 6.30. The van der Waals surface area contributed by atoms with Crippen molar-refractivity contribution in [3.8, 4) is 0 Å². The summed E-state index contributed by atoms with van der Waals surface area (Å²) < 4.78 is 43.2. The monoisotopic (exact) mass is 404 g/mol. The third-order valence-electron chi connectivity index (χ3n) is 3.63. The molecule has 0 saturated carbocycles. The largest absolute Gasteiger partial charge is 0.463 e. The molecule has 0 bridgehead atoms. The first-order valence-electron chi connectivity index (χ1n) is 8.45. The minimum atomic E-state index is -4.42. The van der Waals surface area contributed by atoms with Crippen LogP contribution in [0.3, 0.4) is 0 Å². The van der Waals surface area contributed by atoms with Gasteiger partial charge in [-0.25, -0.2) is 9.98 Å². The van der Waals surface area contributed by atoms with Gasteiger partial charge in [0.2, 0.25) is 0 Å². The first-order valence-corrected chi connectivity index (χ1v) is 9.33. The third kappa shape index (κ3) is 6.24. The molecule has 0 aliphatic carbocycles. The fourth-order valence-corrected chi connectivity index (χ4v) is 3.03. The lowest BCUT2D eigenvalue weighted by molar-refractivity contribution is -0.140. The first-order chi connectivity index (χ1) is 12.6. The zero-order chi connectivity index (χ0) is 20.1. The van der Waals surface area contributed by atoms with Crippen LogP contribution >= 0.6 is 11.3 Å². The van der Waals surface area contributed by atoms with E-state index in [0.717, 1.165) is 16.7 Å². The predicted octanol–water partition coefficient (Wildman–Crippen LogP) is 3.07. The second kappa shape index (κ2) is 8.75. The molecule has 2 rings (SSSR count). The Labute approximate surface area is 159 Å². The Morgan fingerprint density at radius 2 is 2.07 bits per heavy atom. The zero-order valence-corrected chi connectivity index (χ0v) is 16.2. The van der Waals surface area contributed by atoms with Crippen molar-refractivity contribution < 1.29 is 22.7 Å². The van der Waals surface area contributed by atoms with Crippen molar-refractivity contribution in [2.75, 3.05) is 19.6 Å². The molecular formula is C17H23F3N4O2S. The van der Waals surface area contributed by atoms with E-state index in [-0.39, 0.29) is 6.54 Å². The molecule has 27 heavy (non-hydrogen) atoms. The van der Waals surface area contributed by atoms with Crippen molar-refractivity contribution in [3.05, 3.63) is 39.7 Å². The number of furan rings is 1. The van der Waals surface area contributed by atoms with E-state index in [0.29, 0.717) is 42.0 Å². The minimum Gasteiger partial charge on any atom is -0.463 e. The molecule has 1 unspecified atom stereocenters. The lowest BCUT2D eigenvalue weighted by Gasteiger charge is -2.19. The maximum atomic E-state index is 12.6.